The lowest BCUT2D eigenvalue weighted by Crippen LogP contribution is -2.52. The first-order valence-electron chi connectivity index (χ1n) is 10.3. The number of carbonyl (C=O) groups excluding carboxylic acids is 1. The van der Waals surface area contributed by atoms with Crippen LogP contribution in [0.3, 0.4) is 0 Å². The summed E-state index contributed by atoms with van der Waals surface area (Å²) in [6.45, 7) is 3.94. The first kappa shape index (κ1) is 22.3. The molecule has 3 aliphatic heterocycles. The van der Waals surface area contributed by atoms with Gasteiger partial charge >= 0.3 is 12.1 Å². The van der Waals surface area contributed by atoms with Crippen molar-refractivity contribution >= 4 is 11.9 Å². The second kappa shape index (κ2) is 9.61. The van der Waals surface area contributed by atoms with Crippen LogP contribution in [0, 0.1) is 0 Å². The number of carboxylic acid groups (broad SMARTS) is 1. The Morgan fingerprint density at radius 1 is 0.931 bits per heavy atom. The van der Waals surface area contributed by atoms with E-state index >= 15 is 0 Å². The number of halogens is 3. The first-order valence-corrected chi connectivity index (χ1v) is 10.3. The van der Waals surface area contributed by atoms with Gasteiger partial charge in [0.25, 0.3) is 5.91 Å². The zero-order valence-electron chi connectivity index (χ0n) is 16.4. The summed E-state index contributed by atoms with van der Waals surface area (Å²) in [6, 6.07) is 1.35. The molecule has 0 aromatic carbocycles. The third kappa shape index (κ3) is 5.61. The number of aliphatic carboxylic acids is 1. The summed E-state index contributed by atoms with van der Waals surface area (Å²) >= 11 is 0. The fourth-order valence-corrected chi connectivity index (χ4v) is 4.82. The van der Waals surface area contributed by atoms with Gasteiger partial charge in [0.2, 0.25) is 0 Å². The second-order valence-electron chi connectivity index (χ2n) is 8.01. The van der Waals surface area contributed by atoms with E-state index in [1.54, 1.807) is 0 Å². The highest BCUT2D eigenvalue weighted by Gasteiger charge is 2.45. The molecule has 1 N–H and O–H groups in total. The molecule has 0 spiro atoms. The quantitative estimate of drug-likeness (QED) is 0.734. The predicted molar refractivity (Wildman–Crippen MR) is 96.4 cm³/mol. The standard InChI is InChI=1S/C17H28N2O3.C2HF3O2/c20-17(18-9-11-21-12-10-18)16-6-5-14-15(22-16)7-8-19(14)13-3-1-2-4-13;3-2(4,5)1(6)7/h13-16H,1-12H2;(H,6,7)/t14-,15-,16-;/m1./s1. The second-order valence-corrected chi connectivity index (χ2v) is 8.01. The Kier molecular flexibility index (Phi) is 7.39. The molecule has 4 rings (SSSR count). The fourth-order valence-electron chi connectivity index (χ4n) is 4.82. The van der Waals surface area contributed by atoms with Crippen molar-refractivity contribution in [1.29, 1.82) is 0 Å². The molecule has 3 atom stereocenters. The topological polar surface area (TPSA) is 79.3 Å². The number of hydrogen-bond donors (Lipinski definition) is 1. The van der Waals surface area contributed by atoms with Gasteiger partial charge in [-0.15, -0.1) is 0 Å². The van der Waals surface area contributed by atoms with Crippen molar-refractivity contribution in [3.8, 4) is 0 Å². The summed E-state index contributed by atoms with van der Waals surface area (Å²) in [5.41, 5.74) is 0. The average molecular weight is 422 g/mol. The molecule has 1 saturated carbocycles. The summed E-state index contributed by atoms with van der Waals surface area (Å²) in [4.78, 5) is 26.1. The lowest BCUT2D eigenvalue weighted by molar-refractivity contribution is -0.192. The normalized spacial score (nSPS) is 31.1. The van der Waals surface area contributed by atoms with Crippen LogP contribution in [-0.4, -0.2) is 90.1 Å². The van der Waals surface area contributed by atoms with Gasteiger partial charge in [-0.2, -0.15) is 13.2 Å². The van der Waals surface area contributed by atoms with Gasteiger partial charge in [0.05, 0.1) is 19.3 Å². The van der Waals surface area contributed by atoms with Gasteiger partial charge in [-0.1, -0.05) is 12.8 Å². The van der Waals surface area contributed by atoms with Crippen LogP contribution >= 0.6 is 0 Å². The van der Waals surface area contributed by atoms with E-state index < -0.39 is 12.1 Å². The van der Waals surface area contributed by atoms with Crippen molar-refractivity contribution in [2.24, 2.45) is 0 Å². The third-order valence-electron chi connectivity index (χ3n) is 6.23. The van der Waals surface area contributed by atoms with E-state index in [-0.39, 0.29) is 18.1 Å². The fraction of sp³-hybridized carbons (Fsp3) is 0.895. The Labute approximate surface area is 168 Å². The van der Waals surface area contributed by atoms with Gasteiger partial charge in [-0.3, -0.25) is 9.69 Å². The van der Waals surface area contributed by atoms with Gasteiger partial charge in [-0.05, 0) is 32.1 Å². The summed E-state index contributed by atoms with van der Waals surface area (Å²) in [7, 11) is 0. The number of alkyl halides is 3. The molecular weight excluding hydrogens is 393 g/mol. The van der Waals surface area contributed by atoms with E-state index in [1.807, 2.05) is 4.90 Å². The Balaban J connectivity index is 0.000000298. The summed E-state index contributed by atoms with van der Waals surface area (Å²) in [5, 5.41) is 7.12. The van der Waals surface area contributed by atoms with Gasteiger partial charge < -0.3 is 19.5 Å². The molecule has 29 heavy (non-hydrogen) atoms. The molecule has 0 bridgehead atoms. The van der Waals surface area contributed by atoms with E-state index in [0.717, 1.165) is 38.4 Å². The number of morpholine rings is 1. The molecule has 166 valence electrons. The van der Waals surface area contributed by atoms with Crippen LogP contribution in [-0.2, 0) is 19.1 Å². The minimum absolute atomic E-state index is 0.195. The first-order chi connectivity index (χ1) is 13.8. The minimum Gasteiger partial charge on any atom is -0.475 e. The molecular formula is C19H29F3N2O5. The zero-order valence-corrected chi connectivity index (χ0v) is 16.4. The molecule has 0 aromatic rings. The third-order valence-corrected chi connectivity index (χ3v) is 6.23. The van der Waals surface area contributed by atoms with Crippen molar-refractivity contribution in [3.05, 3.63) is 0 Å². The Morgan fingerprint density at radius 2 is 1.55 bits per heavy atom. The highest BCUT2D eigenvalue weighted by atomic mass is 19.4. The number of nitrogens with zero attached hydrogens (tertiary/aromatic N) is 2. The summed E-state index contributed by atoms with van der Waals surface area (Å²) in [6.07, 6.45) is 3.61. The van der Waals surface area contributed by atoms with Crippen molar-refractivity contribution in [2.75, 3.05) is 32.8 Å². The van der Waals surface area contributed by atoms with Crippen LogP contribution in [0.25, 0.3) is 0 Å². The van der Waals surface area contributed by atoms with Crippen LogP contribution in [0.15, 0.2) is 0 Å². The Bertz CT molecular complexity index is 577. The maximum atomic E-state index is 12.6. The molecule has 1 amide bonds. The highest BCUT2D eigenvalue weighted by Crippen LogP contribution is 2.37. The number of rotatable bonds is 2. The number of ether oxygens (including phenoxy) is 2. The molecule has 7 nitrogen and oxygen atoms in total. The van der Waals surface area contributed by atoms with Gasteiger partial charge in [0.15, 0.2) is 0 Å². The smallest absolute Gasteiger partial charge is 0.475 e. The van der Waals surface area contributed by atoms with Crippen molar-refractivity contribution in [1.82, 2.24) is 9.80 Å². The van der Waals surface area contributed by atoms with Gasteiger partial charge in [-0.25, -0.2) is 4.79 Å². The number of carboxylic acids is 1. The number of carbonyl (C=O) groups is 2. The SMILES string of the molecule is O=C(O)C(F)(F)F.O=C([C@H]1CC[C@@H]2[C@@H](CCN2C2CCCC2)O1)N1CCOCC1. The number of fused-ring (bicyclic) bond motifs is 1. The molecule has 1 aliphatic carbocycles. The maximum absolute atomic E-state index is 12.6. The average Bonchev–Trinajstić information content (AvgIpc) is 3.36. The van der Waals surface area contributed by atoms with E-state index in [4.69, 9.17) is 19.4 Å². The molecule has 0 unspecified atom stereocenters. The summed E-state index contributed by atoms with van der Waals surface area (Å²) in [5.74, 6) is -2.56. The molecule has 0 radical (unpaired) electrons. The lowest BCUT2D eigenvalue weighted by atomic mass is 9.97. The van der Waals surface area contributed by atoms with Crippen molar-refractivity contribution < 1.29 is 37.3 Å². The molecule has 3 saturated heterocycles. The lowest BCUT2D eigenvalue weighted by Gasteiger charge is -2.39. The van der Waals surface area contributed by atoms with Crippen LogP contribution in [0.2, 0.25) is 0 Å². The van der Waals surface area contributed by atoms with Crippen LogP contribution < -0.4 is 0 Å². The largest absolute Gasteiger partial charge is 0.490 e. The molecule has 4 fully saturated rings. The Morgan fingerprint density at radius 3 is 2.14 bits per heavy atom. The van der Waals surface area contributed by atoms with Crippen LogP contribution in [0.5, 0.6) is 0 Å². The van der Waals surface area contributed by atoms with Crippen LogP contribution in [0.1, 0.15) is 44.9 Å². The highest BCUT2D eigenvalue weighted by molar-refractivity contribution is 5.81. The number of hydrogen-bond acceptors (Lipinski definition) is 5. The van der Waals surface area contributed by atoms with Gasteiger partial charge in [0.1, 0.15) is 6.10 Å². The summed E-state index contributed by atoms with van der Waals surface area (Å²) < 4.78 is 43.3. The molecule has 0 aromatic heterocycles. The minimum atomic E-state index is -5.08. The van der Waals surface area contributed by atoms with Crippen LogP contribution in [0.4, 0.5) is 13.2 Å². The monoisotopic (exact) mass is 422 g/mol. The predicted octanol–water partition coefficient (Wildman–Crippen LogP) is 2.04. The van der Waals surface area contributed by atoms with Gasteiger partial charge in [0, 0.05) is 31.7 Å². The maximum Gasteiger partial charge on any atom is 0.490 e. The Hall–Kier alpha value is -1.39. The van der Waals surface area contributed by atoms with E-state index in [0.29, 0.717) is 19.3 Å². The molecule has 4 aliphatic rings. The van der Waals surface area contributed by atoms with Crippen molar-refractivity contribution in [2.45, 2.75) is 75.4 Å². The molecule has 3 heterocycles. The van der Waals surface area contributed by atoms with E-state index in [1.165, 1.54) is 32.2 Å². The molecule has 10 heteroatoms. The zero-order chi connectivity index (χ0) is 21.0. The van der Waals surface area contributed by atoms with Crippen molar-refractivity contribution in [3.63, 3.8) is 0 Å². The van der Waals surface area contributed by atoms with E-state index in [9.17, 15) is 18.0 Å². The van der Waals surface area contributed by atoms with E-state index in [2.05, 4.69) is 4.90 Å². The number of amides is 1. The number of likely N-dealkylation sites (tertiary alicyclic amines) is 1.